The van der Waals surface area contributed by atoms with Gasteiger partial charge in [0.25, 0.3) is 5.63 Å². The maximum atomic E-state index is 13.5. The average molecular weight is 422 g/mol. The number of halogens is 5. The van der Waals surface area contributed by atoms with Crippen molar-refractivity contribution in [2.75, 3.05) is 0 Å². The first kappa shape index (κ1) is 20.0. The lowest BCUT2D eigenvalue weighted by Crippen LogP contribution is -2.43. The summed E-state index contributed by atoms with van der Waals surface area (Å²) >= 11 is 11.3. The Morgan fingerprint density at radius 3 is 2.67 bits per heavy atom. The molecule has 2 unspecified atom stereocenters. The van der Waals surface area contributed by atoms with E-state index in [1.165, 1.54) is 47.7 Å². The van der Waals surface area contributed by atoms with Gasteiger partial charge in [-0.2, -0.15) is 13.9 Å². The highest BCUT2D eigenvalue weighted by molar-refractivity contribution is 6.27. The van der Waals surface area contributed by atoms with Crippen LogP contribution in [0.25, 0.3) is 6.08 Å². The molecule has 1 saturated carbocycles. The molecule has 2 atom stereocenters. The number of hydrogen-bond donors (Lipinski definition) is 1. The Hall–Kier alpha value is -1.77. The van der Waals surface area contributed by atoms with Crippen LogP contribution in [-0.2, 0) is 6.54 Å². The first-order valence-electron chi connectivity index (χ1n) is 8.02. The highest BCUT2D eigenvalue weighted by Gasteiger charge is 2.57. The first-order chi connectivity index (χ1) is 12.7. The molecule has 1 aromatic heterocycles. The summed E-state index contributed by atoms with van der Waals surface area (Å²) in [7, 11) is 0. The molecule has 3 rings (SSSR count). The van der Waals surface area contributed by atoms with Crippen LogP contribution in [0.1, 0.15) is 18.4 Å². The van der Waals surface area contributed by atoms with Crippen LogP contribution in [-0.4, -0.2) is 42.1 Å². The van der Waals surface area contributed by atoms with Crippen molar-refractivity contribution in [2.24, 2.45) is 0 Å². The summed E-state index contributed by atoms with van der Waals surface area (Å²) in [5, 5.41) is 15.0. The van der Waals surface area contributed by atoms with Crippen molar-refractivity contribution in [1.82, 2.24) is 14.8 Å². The number of benzene rings is 1. The van der Waals surface area contributed by atoms with Crippen molar-refractivity contribution in [1.29, 1.82) is 0 Å². The molecule has 1 N–H and O–H groups in total. The summed E-state index contributed by atoms with van der Waals surface area (Å²) in [5.41, 5.74) is -4.31. The fourth-order valence-corrected chi connectivity index (χ4v) is 2.84. The lowest BCUT2D eigenvalue weighted by molar-refractivity contribution is -0.199. The zero-order valence-corrected chi connectivity index (χ0v) is 15.4. The molecular formula is C17H16Cl2F3N3O2. The monoisotopic (exact) mass is 421 g/mol. The van der Waals surface area contributed by atoms with E-state index in [4.69, 9.17) is 23.2 Å². The van der Waals surface area contributed by atoms with Gasteiger partial charge in [0.15, 0.2) is 0 Å². The summed E-state index contributed by atoms with van der Waals surface area (Å²) in [6.07, 6.45) is 2.51. The molecular weight excluding hydrogens is 406 g/mol. The third-order valence-electron chi connectivity index (χ3n) is 4.29. The maximum absolute atomic E-state index is 13.5. The molecule has 0 spiro atoms. The second-order valence-electron chi connectivity index (χ2n) is 6.32. The third kappa shape index (κ3) is 4.39. The number of hydrogen-bond acceptors (Lipinski definition) is 4. The molecule has 10 heteroatoms. The van der Waals surface area contributed by atoms with Gasteiger partial charge in [0.05, 0.1) is 11.4 Å². The van der Waals surface area contributed by atoms with Crippen LogP contribution < -0.4 is 4.74 Å². The third-order valence-corrected chi connectivity index (χ3v) is 5.25. The predicted octanol–water partition coefficient (Wildman–Crippen LogP) is 4.00. The van der Waals surface area contributed by atoms with Gasteiger partial charge in [0.1, 0.15) is 24.0 Å². The van der Waals surface area contributed by atoms with E-state index in [9.17, 15) is 18.3 Å². The Bertz CT molecular complexity index is 814. The van der Waals surface area contributed by atoms with Gasteiger partial charge in [-0.15, -0.1) is 11.6 Å². The van der Waals surface area contributed by atoms with Crippen LogP contribution in [0.15, 0.2) is 43.0 Å². The molecule has 0 saturated heterocycles. The molecule has 27 heavy (non-hydrogen) atoms. The lowest BCUT2D eigenvalue weighted by Gasteiger charge is -2.29. The minimum atomic E-state index is -4.20. The fourth-order valence-electron chi connectivity index (χ4n) is 2.58. The van der Waals surface area contributed by atoms with E-state index in [2.05, 4.69) is 14.8 Å². The van der Waals surface area contributed by atoms with E-state index in [-0.39, 0.29) is 17.9 Å². The minimum Gasteiger partial charge on any atom is -0.429 e. The van der Waals surface area contributed by atoms with Gasteiger partial charge < -0.3 is 9.84 Å². The zero-order valence-electron chi connectivity index (χ0n) is 13.9. The molecule has 0 aliphatic heterocycles. The van der Waals surface area contributed by atoms with E-state index < -0.39 is 22.2 Å². The van der Waals surface area contributed by atoms with E-state index >= 15 is 0 Å². The summed E-state index contributed by atoms with van der Waals surface area (Å²) in [4.78, 5) is 2.93. The lowest BCUT2D eigenvalue weighted by atomic mass is 9.95. The highest BCUT2D eigenvalue weighted by Crippen LogP contribution is 2.52. The molecule has 5 nitrogen and oxygen atoms in total. The molecule has 0 bridgehead atoms. The predicted molar refractivity (Wildman–Crippen MR) is 94.6 cm³/mol. The standard InChI is InChI=1S/C17H16Cl2F3N3O2/c18-14(20)17(21,22)27-13-4-2-1-3-12(13)5-6-16(26,15(19)7-8-15)9-25-11-23-10-24-25/h1-6,10-11,14,26H,7-9H2. The Kier molecular flexibility index (Phi) is 5.42. The maximum Gasteiger partial charge on any atom is 0.444 e. The van der Waals surface area contributed by atoms with E-state index in [1.807, 2.05) is 0 Å². The SMILES string of the molecule is OC(C=Cc1ccccc1OC(F)(F)C(F)Cl)(Cn1cncn1)C1(Cl)CC1. The van der Waals surface area contributed by atoms with Gasteiger partial charge >= 0.3 is 6.11 Å². The number of rotatable bonds is 8. The Balaban J connectivity index is 1.87. The Morgan fingerprint density at radius 1 is 1.37 bits per heavy atom. The molecule has 1 fully saturated rings. The molecule has 1 aromatic carbocycles. The normalized spacial score (nSPS) is 19.6. The van der Waals surface area contributed by atoms with Crippen molar-refractivity contribution in [3.05, 3.63) is 48.6 Å². The molecule has 1 aliphatic carbocycles. The van der Waals surface area contributed by atoms with Crippen LogP contribution in [0.2, 0.25) is 0 Å². The number of para-hydroxylation sites is 1. The van der Waals surface area contributed by atoms with Crippen molar-refractivity contribution < 1.29 is 23.0 Å². The second-order valence-corrected chi connectivity index (χ2v) is 7.43. The van der Waals surface area contributed by atoms with Crippen molar-refractivity contribution >= 4 is 29.3 Å². The van der Waals surface area contributed by atoms with Gasteiger partial charge in [-0.05, 0) is 25.0 Å². The summed E-state index contributed by atoms with van der Waals surface area (Å²) < 4.78 is 45.7. The largest absolute Gasteiger partial charge is 0.444 e. The van der Waals surface area contributed by atoms with Crippen LogP contribution in [0.3, 0.4) is 0 Å². The second kappa shape index (κ2) is 7.33. The average Bonchev–Trinajstić information content (AvgIpc) is 3.16. The van der Waals surface area contributed by atoms with Crippen LogP contribution in [0.4, 0.5) is 13.2 Å². The molecule has 146 valence electrons. The van der Waals surface area contributed by atoms with Crippen molar-refractivity contribution in [3.63, 3.8) is 0 Å². The van der Waals surface area contributed by atoms with Gasteiger partial charge in [-0.1, -0.05) is 35.9 Å². The van der Waals surface area contributed by atoms with Crippen LogP contribution >= 0.6 is 23.2 Å². The molecule has 1 heterocycles. The van der Waals surface area contributed by atoms with Crippen LogP contribution in [0, 0.1) is 0 Å². The molecule has 0 amide bonds. The fraction of sp³-hybridized carbons (Fsp3) is 0.412. The topological polar surface area (TPSA) is 60.2 Å². The molecule has 1 aliphatic rings. The highest BCUT2D eigenvalue weighted by atomic mass is 35.5. The minimum absolute atomic E-state index is 0.0282. The number of aromatic nitrogens is 3. The van der Waals surface area contributed by atoms with Crippen molar-refractivity contribution in [2.45, 2.75) is 41.6 Å². The van der Waals surface area contributed by atoms with Crippen molar-refractivity contribution in [3.8, 4) is 5.75 Å². The van der Waals surface area contributed by atoms with Gasteiger partial charge in [0, 0.05) is 5.56 Å². The van der Waals surface area contributed by atoms with Gasteiger partial charge in [-0.3, -0.25) is 0 Å². The number of alkyl halides is 5. The van der Waals surface area contributed by atoms with Gasteiger partial charge in [0.2, 0.25) is 0 Å². The molecule has 0 radical (unpaired) electrons. The van der Waals surface area contributed by atoms with Crippen LogP contribution in [0.5, 0.6) is 5.75 Å². The number of ether oxygens (including phenoxy) is 1. The number of aliphatic hydroxyl groups is 1. The summed E-state index contributed by atoms with van der Waals surface area (Å²) in [5.74, 6) is -0.287. The quantitative estimate of drug-likeness (QED) is 0.654. The Labute approximate surface area is 163 Å². The van der Waals surface area contributed by atoms with E-state index in [0.717, 1.165) is 0 Å². The van der Waals surface area contributed by atoms with Gasteiger partial charge in [-0.25, -0.2) is 14.1 Å². The zero-order chi connectivity index (χ0) is 19.7. The Morgan fingerprint density at radius 2 is 2.07 bits per heavy atom. The van der Waals surface area contributed by atoms with E-state index in [0.29, 0.717) is 12.8 Å². The smallest absolute Gasteiger partial charge is 0.429 e. The van der Waals surface area contributed by atoms with E-state index in [1.54, 1.807) is 6.07 Å². The summed E-state index contributed by atoms with van der Waals surface area (Å²) in [6, 6.07) is 5.77. The first-order valence-corrected chi connectivity index (χ1v) is 8.84. The summed E-state index contributed by atoms with van der Waals surface area (Å²) in [6.45, 7) is 0.0282. The molecule has 2 aromatic rings. The number of nitrogens with zero attached hydrogens (tertiary/aromatic N) is 3.